The Morgan fingerprint density at radius 3 is 2.38 bits per heavy atom. The Morgan fingerprint density at radius 2 is 1.71 bits per heavy atom. The molecule has 3 rings (SSSR count). The molecule has 0 spiro atoms. The molecule has 0 unspecified atom stereocenters. The van der Waals surface area contributed by atoms with Gasteiger partial charge in [-0.2, -0.15) is 0 Å². The van der Waals surface area contributed by atoms with E-state index < -0.39 is 0 Å². The van der Waals surface area contributed by atoms with Crippen molar-refractivity contribution in [1.29, 1.82) is 0 Å². The zero-order valence-electron chi connectivity index (χ0n) is 13.2. The van der Waals surface area contributed by atoms with Crippen LogP contribution in [0.1, 0.15) is 16.1 Å². The maximum absolute atomic E-state index is 12.3. The number of rotatable bonds is 3. The van der Waals surface area contributed by atoms with Gasteiger partial charge in [-0.25, -0.2) is 9.78 Å². The van der Waals surface area contributed by atoms with E-state index in [1.165, 1.54) is 18.6 Å². The number of carbonyl (C=O) groups is 2. The number of amides is 2. The van der Waals surface area contributed by atoms with Crippen LogP contribution in [0.3, 0.4) is 0 Å². The highest BCUT2D eigenvalue weighted by Gasteiger charge is 2.26. The molecule has 0 N–H and O–H groups in total. The number of benzene rings is 1. The molecule has 2 amide bonds. The summed E-state index contributed by atoms with van der Waals surface area (Å²) in [6, 6.07) is 9.54. The maximum atomic E-state index is 12.3. The summed E-state index contributed by atoms with van der Waals surface area (Å²) in [7, 11) is 0. The Morgan fingerprint density at radius 1 is 1.00 bits per heavy atom. The quantitative estimate of drug-likeness (QED) is 0.856. The van der Waals surface area contributed by atoms with Gasteiger partial charge in [-0.1, -0.05) is 30.3 Å². The Hall–Kier alpha value is -2.96. The molecule has 1 aromatic carbocycles. The summed E-state index contributed by atoms with van der Waals surface area (Å²) in [6.07, 6.45) is 4.11. The predicted octanol–water partition coefficient (Wildman–Crippen LogP) is 1.57. The molecular formula is C17H18N4O3. The van der Waals surface area contributed by atoms with Crippen molar-refractivity contribution in [3.63, 3.8) is 0 Å². The van der Waals surface area contributed by atoms with Crippen LogP contribution >= 0.6 is 0 Å². The van der Waals surface area contributed by atoms with Crippen molar-refractivity contribution in [3.8, 4) is 0 Å². The van der Waals surface area contributed by atoms with Gasteiger partial charge in [0, 0.05) is 38.6 Å². The summed E-state index contributed by atoms with van der Waals surface area (Å²) in [5.74, 6) is -0.166. The molecule has 1 saturated heterocycles. The van der Waals surface area contributed by atoms with Gasteiger partial charge >= 0.3 is 6.09 Å². The molecule has 124 valence electrons. The fourth-order valence-electron chi connectivity index (χ4n) is 2.47. The minimum Gasteiger partial charge on any atom is -0.445 e. The SMILES string of the molecule is O=C(OCc1ccccc1)N1CCN(C(=O)c2cnccn2)CC1. The average molecular weight is 326 g/mol. The van der Waals surface area contributed by atoms with Crippen molar-refractivity contribution in [2.75, 3.05) is 26.2 Å². The molecule has 7 nitrogen and oxygen atoms in total. The average Bonchev–Trinajstić information content (AvgIpc) is 2.67. The minimum atomic E-state index is -0.356. The standard InChI is InChI=1S/C17H18N4O3/c22-16(15-12-18-6-7-19-15)20-8-10-21(11-9-20)17(23)24-13-14-4-2-1-3-5-14/h1-7,12H,8-11,13H2. The fourth-order valence-corrected chi connectivity index (χ4v) is 2.47. The Kier molecular flexibility index (Phi) is 5.00. The number of nitrogens with zero attached hydrogens (tertiary/aromatic N) is 4. The van der Waals surface area contributed by atoms with Crippen LogP contribution in [0.5, 0.6) is 0 Å². The lowest BCUT2D eigenvalue weighted by Crippen LogP contribution is -2.50. The van der Waals surface area contributed by atoms with Gasteiger partial charge in [0.1, 0.15) is 12.3 Å². The third kappa shape index (κ3) is 3.87. The second-order valence-corrected chi connectivity index (χ2v) is 5.41. The van der Waals surface area contributed by atoms with Crippen LogP contribution in [-0.2, 0) is 11.3 Å². The van der Waals surface area contributed by atoms with Gasteiger partial charge in [0.2, 0.25) is 0 Å². The molecule has 1 fully saturated rings. The second kappa shape index (κ2) is 7.54. The van der Waals surface area contributed by atoms with Crippen LogP contribution < -0.4 is 0 Å². The summed E-state index contributed by atoms with van der Waals surface area (Å²) in [5, 5.41) is 0. The summed E-state index contributed by atoms with van der Waals surface area (Å²) < 4.78 is 5.31. The molecule has 0 bridgehead atoms. The Bertz CT molecular complexity index is 685. The molecule has 2 heterocycles. The van der Waals surface area contributed by atoms with E-state index in [0.717, 1.165) is 5.56 Å². The van der Waals surface area contributed by atoms with Crippen LogP contribution in [0.2, 0.25) is 0 Å². The van der Waals surface area contributed by atoms with Crippen LogP contribution in [0, 0.1) is 0 Å². The van der Waals surface area contributed by atoms with Gasteiger partial charge in [0.15, 0.2) is 0 Å². The first kappa shape index (κ1) is 15.9. The van der Waals surface area contributed by atoms with Crippen LogP contribution in [0.25, 0.3) is 0 Å². The lowest BCUT2D eigenvalue weighted by Gasteiger charge is -2.33. The molecule has 1 aliphatic rings. The highest BCUT2D eigenvalue weighted by atomic mass is 16.6. The molecule has 0 saturated carbocycles. The normalized spacial score (nSPS) is 14.3. The van der Waals surface area contributed by atoms with Crippen LogP contribution in [0.15, 0.2) is 48.9 Å². The van der Waals surface area contributed by atoms with Crippen molar-refractivity contribution in [3.05, 3.63) is 60.2 Å². The van der Waals surface area contributed by atoms with Crippen molar-refractivity contribution in [2.45, 2.75) is 6.61 Å². The molecular weight excluding hydrogens is 308 g/mol. The van der Waals surface area contributed by atoms with Gasteiger partial charge in [-0.05, 0) is 5.56 Å². The number of hydrogen-bond donors (Lipinski definition) is 0. The topological polar surface area (TPSA) is 75.6 Å². The third-order valence-corrected chi connectivity index (χ3v) is 3.81. The molecule has 24 heavy (non-hydrogen) atoms. The van der Waals surface area contributed by atoms with Crippen molar-refractivity contribution >= 4 is 12.0 Å². The third-order valence-electron chi connectivity index (χ3n) is 3.81. The van der Waals surface area contributed by atoms with Crippen LogP contribution in [0.4, 0.5) is 4.79 Å². The molecule has 0 aliphatic carbocycles. The van der Waals surface area contributed by atoms with Gasteiger partial charge in [-0.15, -0.1) is 0 Å². The van der Waals surface area contributed by atoms with E-state index in [1.54, 1.807) is 9.80 Å². The largest absolute Gasteiger partial charge is 0.445 e. The first-order valence-electron chi connectivity index (χ1n) is 7.75. The van der Waals surface area contributed by atoms with Gasteiger partial charge in [0.25, 0.3) is 5.91 Å². The number of carbonyl (C=O) groups excluding carboxylic acids is 2. The van der Waals surface area contributed by atoms with E-state index in [0.29, 0.717) is 31.9 Å². The highest BCUT2D eigenvalue weighted by molar-refractivity contribution is 5.92. The van der Waals surface area contributed by atoms with E-state index in [4.69, 9.17) is 4.74 Å². The van der Waals surface area contributed by atoms with Crippen molar-refractivity contribution in [1.82, 2.24) is 19.8 Å². The van der Waals surface area contributed by atoms with E-state index >= 15 is 0 Å². The van der Waals surface area contributed by atoms with Crippen molar-refractivity contribution in [2.24, 2.45) is 0 Å². The lowest BCUT2D eigenvalue weighted by atomic mass is 10.2. The molecule has 0 radical (unpaired) electrons. The fraction of sp³-hybridized carbons (Fsp3) is 0.294. The van der Waals surface area contributed by atoms with Crippen molar-refractivity contribution < 1.29 is 14.3 Å². The molecule has 1 aliphatic heterocycles. The molecule has 0 atom stereocenters. The van der Waals surface area contributed by atoms with Gasteiger partial charge in [-0.3, -0.25) is 9.78 Å². The molecule has 7 heteroatoms. The summed E-state index contributed by atoms with van der Waals surface area (Å²) in [6.45, 7) is 2.05. The smallest absolute Gasteiger partial charge is 0.410 e. The van der Waals surface area contributed by atoms with E-state index in [2.05, 4.69) is 9.97 Å². The summed E-state index contributed by atoms with van der Waals surface area (Å²) in [4.78, 5) is 35.6. The lowest BCUT2D eigenvalue weighted by molar-refractivity contribution is 0.0539. The first-order valence-corrected chi connectivity index (χ1v) is 7.75. The second-order valence-electron chi connectivity index (χ2n) is 5.41. The van der Waals surface area contributed by atoms with E-state index in [9.17, 15) is 9.59 Å². The maximum Gasteiger partial charge on any atom is 0.410 e. The number of aromatic nitrogens is 2. The minimum absolute atomic E-state index is 0.166. The van der Waals surface area contributed by atoms with Crippen LogP contribution in [-0.4, -0.2) is 57.9 Å². The number of hydrogen-bond acceptors (Lipinski definition) is 5. The van der Waals surface area contributed by atoms with E-state index in [1.807, 2.05) is 30.3 Å². The summed E-state index contributed by atoms with van der Waals surface area (Å²) in [5.41, 5.74) is 1.26. The van der Waals surface area contributed by atoms with E-state index in [-0.39, 0.29) is 18.6 Å². The van der Waals surface area contributed by atoms with Gasteiger partial charge in [0.05, 0.1) is 6.20 Å². The first-order chi connectivity index (χ1) is 11.7. The number of ether oxygens (including phenoxy) is 1. The summed E-state index contributed by atoms with van der Waals surface area (Å²) >= 11 is 0. The number of piperazine rings is 1. The monoisotopic (exact) mass is 326 g/mol. The highest BCUT2D eigenvalue weighted by Crippen LogP contribution is 2.09. The molecule has 2 aromatic rings. The zero-order chi connectivity index (χ0) is 16.8. The van der Waals surface area contributed by atoms with Gasteiger partial charge < -0.3 is 14.5 Å². The molecule has 1 aromatic heterocycles. The predicted molar refractivity (Wildman–Crippen MR) is 86.1 cm³/mol. The Balaban J connectivity index is 1.48. The zero-order valence-corrected chi connectivity index (χ0v) is 13.2. The Labute approximate surface area is 139 Å².